The molecule has 4 amide bonds. The van der Waals surface area contributed by atoms with Gasteiger partial charge in [0.05, 0.1) is 0 Å². The molecular weight excluding hydrogens is 362 g/mol. The Morgan fingerprint density at radius 1 is 1.21 bits per heavy atom. The van der Waals surface area contributed by atoms with E-state index in [4.69, 9.17) is 9.47 Å². The zero-order valence-corrected chi connectivity index (χ0v) is 16.1. The number of fused-ring (bicyclic) bond motifs is 1. The van der Waals surface area contributed by atoms with Gasteiger partial charge in [0, 0.05) is 6.04 Å². The summed E-state index contributed by atoms with van der Waals surface area (Å²) >= 11 is 0. The Hall–Kier alpha value is -2.77. The number of hydrogen-bond acceptors (Lipinski definition) is 5. The van der Waals surface area contributed by atoms with Crippen LogP contribution in [0.15, 0.2) is 18.2 Å². The minimum atomic E-state index is -1.25. The maximum atomic E-state index is 13.0. The van der Waals surface area contributed by atoms with Gasteiger partial charge in [0.25, 0.3) is 5.91 Å². The number of amides is 4. The highest BCUT2D eigenvalue weighted by Gasteiger charge is 2.50. The molecule has 8 heteroatoms. The van der Waals surface area contributed by atoms with Gasteiger partial charge in [0.1, 0.15) is 12.1 Å². The summed E-state index contributed by atoms with van der Waals surface area (Å²) in [5.41, 5.74) is -0.669. The summed E-state index contributed by atoms with van der Waals surface area (Å²) in [5, 5.41) is 5.67. The Bertz CT molecular complexity index is 818. The first-order valence-electron chi connectivity index (χ1n) is 9.70. The molecule has 1 aromatic carbocycles. The summed E-state index contributed by atoms with van der Waals surface area (Å²) in [6, 6.07) is 4.66. The Labute approximate surface area is 163 Å². The van der Waals surface area contributed by atoms with Crippen molar-refractivity contribution in [1.82, 2.24) is 15.5 Å². The van der Waals surface area contributed by atoms with Crippen LogP contribution >= 0.6 is 0 Å². The minimum Gasteiger partial charge on any atom is -0.454 e. The molecule has 2 aliphatic heterocycles. The third kappa shape index (κ3) is 3.27. The maximum absolute atomic E-state index is 13.0. The van der Waals surface area contributed by atoms with E-state index in [1.807, 2.05) is 0 Å². The molecule has 2 N–H and O–H groups in total. The van der Waals surface area contributed by atoms with Crippen LogP contribution in [-0.2, 0) is 15.1 Å². The van der Waals surface area contributed by atoms with Gasteiger partial charge in [-0.3, -0.25) is 14.5 Å². The predicted octanol–water partition coefficient (Wildman–Crippen LogP) is 1.88. The number of nitrogens with one attached hydrogen (secondary N) is 2. The van der Waals surface area contributed by atoms with Gasteiger partial charge in [-0.1, -0.05) is 13.0 Å². The van der Waals surface area contributed by atoms with Crippen molar-refractivity contribution in [2.75, 3.05) is 13.3 Å². The predicted molar refractivity (Wildman–Crippen MR) is 99.7 cm³/mol. The van der Waals surface area contributed by atoms with E-state index in [0.29, 0.717) is 23.0 Å². The summed E-state index contributed by atoms with van der Waals surface area (Å²) in [6.07, 6.45) is 4.02. The van der Waals surface area contributed by atoms with Crippen LogP contribution < -0.4 is 20.1 Å². The van der Waals surface area contributed by atoms with E-state index in [1.54, 1.807) is 25.1 Å². The Kier molecular flexibility index (Phi) is 4.64. The van der Waals surface area contributed by atoms with Crippen LogP contribution in [-0.4, -0.2) is 42.1 Å². The van der Waals surface area contributed by atoms with Crippen molar-refractivity contribution in [3.63, 3.8) is 0 Å². The molecule has 3 aliphatic rings. The van der Waals surface area contributed by atoms with E-state index in [2.05, 4.69) is 17.6 Å². The number of hydrogen-bond donors (Lipinski definition) is 2. The quantitative estimate of drug-likeness (QED) is 0.769. The second-order valence-corrected chi connectivity index (χ2v) is 8.04. The third-order valence-electron chi connectivity index (χ3n) is 5.91. The SMILES string of the molecule is CC1CCC(NC(=O)CN2C(=O)N[C@](C)(c3ccc4c(c3)OCO4)C2=O)CC1. The maximum Gasteiger partial charge on any atom is 0.325 e. The summed E-state index contributed by atoms with van der Waals surface area (Å²) in [5.74, 6) is 1.05. The molecule has 0 spiro atoms. The van der Waals surface area contributed by atoms with Gasteiger partial charge in [0.15, 0.2) is 11.5 Å². The number of nitrogens with zero attached hydrogens (tertiary/aromatic N) is 1. The molecule has 1 atom stereocenters. The number of imide groups is 1. The van der Waals surface area contributed by atoms with Gasteiger partial charge in [-0.05, 0) is 56.2 Å². The van der Waals surface area contributed by atoms with Crippen LogP contribution in [0.5, 0.6) is 11.5 Å². The molecule has 1 aromatic rings. The topological polar surface area (TPSA) is 97.0 Å². The van der Waals surface area contributed by atoms with Crippen LogP contribution in [0.25, 0.3) is 0 Å². The first-order chi connectivity index (χ1) is 13.4. The van der Waals surface area contributed by atoms with Crippen molar-refractivity contribution in [2.45, 2.75) is 51.1 Å². The Morgan fingerprint density at radius 3 is 2.68 bits per heavy atom. The van der Waals surface area contributed by atoms with Gasteiger partial charge in [-0.15, -0.1) is 0 Å². The second kappa shape index (κ2) is 7.00. The normalized spacial score (nSPS) is 29.0. The molecule has 28 heavy (non-hydrogen) atoms. The molecule has 2 heterocycles. The summed E-state index contributed by atoms with van der Waals surface area (Å²) in [6.45, 7) is 3.69. The standard InChI is InChI=1S/C20H25N3O5/c1-12-3-6-14(7-4-12)21-17(24)10-23-18(25)20(2,22-19(23)26)13-5-8-15-16(9-13)28-11-27-15/h5,8-9,12,14H,3-4,6-7,10-11H2,1-2H3,(H,21,24)(H,22,26)/t12?,14?,20-/m1/s1. The van der Waals surface area contributed by atoms with Crippen molar-refractivity contribution in [2.24, 2.45) is 5.92 Å². The van der Waals surface area contributed by atoms with Gasteiger partial charge >= 0.3 is 6.03 Å². The molecule has 1 aliphatic carbocycles. The van der Waals surface area contributed by atoms with Crippen molar-refractivity contribution in [3.8, 4) is 11.5 Å². The summed E-state index contributed by atoms with van der Waals surface area (Å²) < 4.78 is 10.7. The number of rotatable bonds is 4. The fourth-order valence-corrected chi connectivity index (χ4v) is 4.07. The molecule has 0 aromatic heterocycles. The molecule has 0 radical (unpaired) electrons. The van der Waals surface area contributed by atoms with Gasteiger partial charge in [0.2, 0.25) is 12.7 Å². The van der Waals surface area contributed by atoms with Crippen LogP contribution in [0.3, 0.4) is 0 Å². The van der Waals surface area contributed by atoms with E-state index in [1.165, 1.54) is 0 Å². The van der Waals surface area contributed by atoms with E-state index in [-0.39, 0.29) is 25.3 Å². The smallest absolute Gasteiger partial charge is 0.325 e. The van der Waals surface area contributed by atoms with Crippen LogP contribution in [0.4, 0.5) is 4.79 Å². The van der Waals surface area contributed by atoms with Gasteiger partial charge < -0.3 is 20.1 Å². The molecular formula is C20H25N3O5. The van der Waals surface area contributed by atoms with Crippen molar-refractivity contribution >= 4 is 17.8 Å². The first kappa shape index (κ1) is 18.6. The molecule has 0 bridgehead atoms. The van der Waals surface area contributed by atoms with Crippen molar-refractivity contribution < 1.29 is 23.9 Å². The van der Waals surface area contributed by atoms with E-state index in [9.17, 15) is 14.4 Å². The fraction of sp³-hybridized carbons (Fsp3) is 0.550. The first-order valence-corrected chi connectivity index (χ1v) is 9.70. The lowest BCUT2D eigenvalue weighted by atomic mass is 9.87. The number of ether oxygens (including phenoxy) is 2. The number of carbonyl (C=O) groups excluding carboxylic acids is 3. The van der Waals surface area contributed by atoms with Crippen LogP contribution in [0, 0.1) is 5.92 Å². The lowest BCUT2D eigenvalue weighted by Crippen LogP contribution is -2.46. The van der Waals surface area contributed by atoms with Gasteiger partial charge in [-0.2, -0.15) is 0 Å². The monoisotopic (exact) mass is 387 g/mol. The number of carbonyl (C=O) groups is 3. The van der Waals surface area contributed by atoms with Crippen molar-refractivity contribution in [1.29, 1.82) is 0 Å². The van der Waals surface area contributed by atoms with E-state index >= 15 is 0 Å². The average Bonchev–Trinajstić information content (AvgIpc) is 3.22. The highest BCUT2D eigenvalue weighted by atomic mass is 16.7. The number of urea groups is 1. The molecule has 1 saturated heterocycles. The molecule has 4 rings (SSSR count). The summed E-state index contributed by atoms with van der Waals surface area (Å²) in [7, 11) is 0. The molecule has 8 nitrogen and oxygen atoms in total. The second-order valence-electron chi connectivity index (χ2n) is 8.04. The molecule has 2 fully saturated rings. The highest BCUT2D eigenvalue weighted by Crippen LogP contribution is 2.37. The van der Waals surface area contributed by atoms with E-state index < -0.39 is 17.5 Å². The zero-order chi connectivity index (χ0) is 19.9. The van der Waals surface area contributed by atoms with E-state index in [0.717, 1.165) is 30.6 Å². The largest absolute Gasteiger partial charge is 0.454 e. The van der Waals surface area contributed by atoms with Crippen LogP contribution in [0.2, 0.25) is 0 Å². The van der Waals surface area contributed by atoms with Crippen LogP contribution in [0.1, 0.15) is 45.1 Å². The fourth-order valence-electron chi connectivity index (χ4n) is 4.07. The molecule has 150 valence electrons. The molecule has 1 saturated carbocycles. The minimum absolute atomic E-state index is 0.115. The lowest BCUT2D eigenvalue weighted by molar-refractivity contribution is -0.135. The number of benzene rings is 1. The average molecular weight is 387 g/mol. The zero-order valence-electron chi connectivity index (χ0n) is 16.1. The highest BCUT2D eigenvalue weighted by molar-refractivity contribution is 6.09. The Balaban J connectivity index is 1.44. The Morgan fingerprint density at radius 2 is 1.93 bits per heavy atom. The van der Waals surface area contributed by atoms with Crippen molar-refractivity contribution in [3.05, 3.63) is 23.8 Å². The third-order valence-corrected chi connectivity index (χ3v) is 5.91. The molecule has 0 unspecified atom stereocenters. The lowest BCUT2D eigenvalue weighted by Gasteiger charge is -2.27. The summed E-state index contributed by atoms with van der Waals surface area (Å²) in [4.78, 5) is 38.8. The van der Waals surface area contributed by atoms with Gasteiger partial charge in [-0.25, -0.2) is 4.79 Å².